The van der Waals surface area contributed by atoms with Crippen molar-refractivity contribution < 1.29 is 29.9 Å². The van der Waals surface area contributed by atoms with E-state index in [-0.39, 0.29) is 6.10 Å². The van der Waals surface area contributed by atoms with Gasteiger partial charge in [-0.15, -0.1) is 0 Å². The van der Waals surface area contributed by atoms with E-state index >= 15 is 0 Å². The van der Waals surface area contributed by atoms with Crippen molar-refractivity contribution in [3.8, 4) is 0 Å². The van der Waals surface area contributed by atoms with Crippen LogP contribution in [-0.4, -0.2) is 63.8 Å². The first kappa shape index (κ1) is 18.1. The van der Waals surface area contributed by atoms with Gasteiger partial charge in [-0.25, -0.2) is 0 Å². The lowest BCUT2D eigenvalue weighted by atomic mass is 9.75. The summed E-state index contributed by atoms with van der Waals surface area (Å²) in [6.45, 7) is 6.01. The van der Waals surface area contributed by atoms with Gasteiger partial charge >= 0.3 is 0 Å². The minimum absolute atomic E-state index is 0.0699. The van der Waals surface area contributed by atoms with E-state index in [9.17, 15) is 15.3 Å². The van der Waals surface area contributed by atoms with Gasteiger partial charge in [0.1, 0.15) is 24.4 Å². The normalized spacial score (nSPS) is 46.9. The number of ether oxygens (including phenoxy) is 2. The molecule has 0 bridgehead atoms. The van der Waals surface area contributed by atoms with Crippen molar-refractivity contribution in [1.82, 2.24) is 0 Å². The van der Waals surface area contributed by atoms with Crippen molar-refractivity contribution in [3.05, 3.63) is 0 Å². The fourth-order valence-electron chi connectivity index (χ4n) is 3.69. The highest BCUT2D eigenvalue weighted by atomic mass is 16.7. The molecule has 4 N–H and O–H groups in total. The zero-order chi connectivity index (χ0) is 16.4. The minimum atomic E-state index is -1.35. The molecule has 8 atom stereocenters. The molecule has 0 spiro atoms. The van der Waals surface area contributed by atoms with Crippen molar-refractivity contribution in [2.45, 2.75) is 76.8 Å². The van der Waals surface area contributed by atoms with Crippen LogP contribution < -0.4 is 0 Å². The average Bonchev–Trinajstić information content (AvgIpc) is 2.47. The lowest BCUT2D eigenvalue weighted by molar-refractivity contribution is -0.308. The van der Waals surface area contributed by atoms with Crippen LogP contribution in [0.2, 0.25) is 0 Å². The maximum atomic E-state index is 10.2. The summed E-state index contributed by atoms with van der Waals surface area (Å²) >= 11 is 0. The van der Waals surface area contributed by atoms with Crippen molar-refractivity contribution in [1.29, 1.82) is 0 Å². The van der Waals surface area contributed by atoms with Crippen LogP contribution in [0.4, 0.5) is 0 Å². The summed E-state index contributed by atoms with van der Waals surface area (Å²) in [4.78, 5) is 0. The molecule has 2 aliphatic rings. The highest BCUT2D eigenvalue weighted by molar-refractivity contribution is 4.91. The van der Waals surface area contributed by atoms with Crippen LogP contribution >= 0.6 is 0 Å². The van der Waals surface area contributed by atoms with E-state index in [1.807, 2.05) is 0 Å². The standard InChI is InChI=1S/C16H30O6/c1-8(2)10-5-4-9(3)6-11(10)21-15-14(19)13(18)12(7-17)22-16(15)20/h8-20H,4-7H2,1-3H3/t9?,10?,11?,12-,13-,14+,15-,16?/m1/s1. The van der Waals surface area contributed by atoms with E-state index in [0.717, 1.165) is 19.3 Å². The largest absolute Gasteiger partial charge is 0.394 e. The first-order valence-corrected chi connectivity index (χ1v) is 8.31. The minimum Gasteiger partial charge on any atom is -0.394 e. The molecule has 0 aromatic heterocycles. The van der Waals surface area contributed by atoms with Gasteiger partial charge < -0.3 is 29.9 Å². The maximum Gasteiger partial charge on any atom is 0.184 e. The van der Waals surface area contributed by atoms with Crippen LogP contribution in [0.3, 0.4) is 0 Å². The van der Waals surface area contributed by atoms with Crippen LogP contribution in [0.5, 0.6) is 0 Å². The second-order valence-electron chi connectivity index (χ2n) is 7.19. The molecular formula is C16H30O6. The van der Waals surface area contributed by atoms with Crippen LogP contribution in [0.25, 0.3) is 0 Å². The quantitative estimate of drug-likeness (QED) is 0.593. The molecule has 1 saturated carbocycles. The van der Waals surface area contributed by atoms with Gasteiger partial charge in [0.15, 0.2) is 6.29 Å². The first-order valence-electron chi connectivity index (χ1n) is 8.31. The first-order chi connectivity index (χ1) is 10.3. The SMILES string of the molecule is CC1CCC(C(C)C)C(O[C@H]2C(O)O[C@H](CO)[C@@H](O)[C@@H]2O)C1. The molecule has 1 heterocycles. The molecule has 22 heavy (non-hydrogen) atoms. The number of hydrogen-bond acceptors (Lipinski definition) is 6. The molecule has 0 amide bonds. The zero-order valence-corrected chi connectivity index (χ0v) is 13.6. The van der Waals surface area contributed by atoms with Crippen LogP contribution in [0, 0.1) is 17.8 Å². The Bertz CT molecular complexity index is 350. The number of aliphatic hydroxyl groups excluding tert-OH is 4. The van der Waals surface area contributed by atoms with Crippen molar-refractivity contribution in [2.24, 2.45) is 17.8 Å². The number of aliphatic hydroxyl groups is 4. The third-order valence-corrected chi connectivity index (χ3v) is 5.14. The fraction of sp³-hybridized carbons (Fsp3) is 1.00. The van der Waals surface area contributed by atoms with Gasteiger partial charge in [-0.3, -0.25) is 0 Å². The second kappa shape index (κ2) is 7.55. The fourth-order valence-corrected chi connectivity index (χ4v) is 3.69. The lowest BCUT2D eigenvalue weighted by Crippen LogP contribution is -2.60. The van der Waals surface area contributed by atoms with Gasteiger partial charge in [-0.2, -0.15) is 0 Å². The molecule has 0 aromatic carbocycles. The highest BCUT2D eigenvalue weighted by Gasteiger charge is 2.46. The Balaban J connectivity index is 2.06. The number of rotatable bonds is 4. The van der Waals surface area contributed by atoms with E-state index < -0.39 is 37.3 Å². The Hall–Kier alpha value is -0.240. The molecule has 6 nitrogen and oxygen atoms in total. The third-order valence-electron chi connectivity index (χ3n) is 5.14. The van der Waals surface area contributed by atoms with Crippen LogP contribution in [0.15, 0.2) is 0 Å². The van der Waals surface area contributed by atoms with Crippen LogP contribution in [-0.2, 0) is 9.47 Å². The van der Waals surface area contributed by atoms with Crippen molar-refractivity contribution >= 4 is 0 Å². The molecule has 1 aliphatic heterocycles. The van der Waals surface area contributed by atoms with E-state index in [4.69, 9.17) is 14.6 Å². The zero-order valence-electron chi connectivity index (χ0n) is 13.6. The van der Waals surface area contributed by atoms with E-state index in [0.29, 0.717) is 17.8 Å². The molecule has 130 valence electrons. The van der Waals surface area contributed by atoms with Crippen LogP contribution in [0.1, 0.15) is 40.0 Å². The Morgan fingerprint density at radius 2 is 1.82 bits per heavy atom. The topological polar surface area (TPSA) is 99.4 Å². The Morgan fingerprint density at radius 3 is 2.41 bits per heavy atom. The molecular weight excluding hydrogens is 288 g/mol. The predicted molar refractivity (Wildman–Crippen MR) is 80.0 cm³/mol. The average molecular weight is 318 g/mol. The second-order valence-corrected chi connectivity index (χ2v) is 7.19. The van der Waals surface area contributed by atoms with Gasteiger partial charge in [0.05, 0.1) is 12.7 Å². The third kappa shape index (κ3) is 3.80. The maximum absolute atomic E-state index is 10.2. The predicted octanol–water partition coefficient (Wildman–Crippen LogP) is 0.264. The summed E-state index contributed by atoms with van der Waals surface area (Å²) in [6.07, 6.45) is -2.85. The summed E-state index contributed by atoms with van der Waals surface area (Å²) in [6, 6.07) is 0. The monoisotopic (exact) mass is 318 g/mol. The smallest absolute Gasteiger partial charge is 0.184 e. The molecule has 6 heteroatoms. The molecule has 1 aliphatic carbocycles. The Kier molecular flexibility index (Phi) is 6.22. The summed E-state index contributed by atoms with van der Waals surface area (Å²) < 4.78 is 11.2. The summed E-state index contributed by atoms with van der Waals surface area (Å²) in [5, 5.41) is 39.3. The highest BCUT2D eigenvalue weighted by Crippen LogP contribution is 2.37. The number of hydrogen-bond donors (Lipinski definition) is 4. The van der Waals surface area contributed by atoms with Gasteiger partial charge in [0, 0.05) is 0 Å². The molecule has 2 fully saturated rings. The van der Waals surface area contributed by atoms with Gasteiger partial charge in [-0.1, -0.05) is 27.2 Å². The van der Waals surface area contributed by atoms with Gasteiger partial charge in [0.2, 0.25) is 0 Å². The Labute approximate surface area is 132 Å². The van der Waals surface area contributed by atoms with E-state index in [2.05, 4.69) is 20.8 Å². The molecule has 1 saturated heterocycles. The van der Waals surface area contributed by atoms with Gasteiger partial charge in [0.25, 0.3) is 0 Å². The molecule has 0 radical (unpaired) electrons. The summed E-state index contributed by atoms with van der Waals surface area (Å²) in [5.41, 5.74) is 0. The lowest BCUT2D eigenvalue weighted by Gasteiger charge is -2.44. The molecule has 2 rings (SSSR count). The van der Waals surface area contributed by atoms with E-state index in [1.165, 1.54) is 0 Å². The van der Waals surface area contributed by atoms with Crippen molar-refractivity contribution in [3.63, 3.8) is 0 Å². The summed E-state index contributed by atoms with van der Waals surface area (Å²) in [7, 11) is 0. The van der Waals surface area contributed by atoms with Crippen molar-refractivity contribution in [2.75, 3.05) is 6.61 Å². The molecule has 4 unspecified atom stereocenters. The molecule has 0 aromatic rings. The van der Waals surface area contributed by atoms with Gasteiger partial charge in [-0.05, 0) is 30.6 Å². The van der Waals surface area contributed by atoms with E-state index in [1.54, 1.807) is 0 Å². The Morgan fingerprint density at radius 1 is 1.14 bits per heavy atom. The summed E-state index contributed by atoms with van der Waals surface area (Å²) in [5.74, 6) is 1.35.